The minimum atomic E-state index is -5.08. The van der Waals surface area contributed by atoms with E-state index in [0.29, 0.717) is 21.6 Å². The van der Waals surface area contributed by atoms with Crippen LogP contribution in [0.1, 0.15) is 10.4 Å². The molecule has 3 aromatic rings. The first-order valence-electron chi connectivity index (χ1n) is 8.37. The van der Waals surface area contributed by atoms with Gasteiger partial charge in [0.25, 0.3) is 5.91 Å². The predicted octanol–water partition coefficient (Wildman–Crippen LogP) is 4.64. The van der Waals surface area contributed by atoms with Crippen molar-refractivity contribution >= 4 is 39.3 Å². The molecule has 13 heteroatoms. The quantitative estimate of drug-likeness (QED) is 0.340. The zero-order chi connectivity index (χ0) is 23.9. The van der Waals surface area contributed by atoms with Crippen LogP contribution in [0.5, 0.6) is 11.5 Å². The van der Waals surface area contributed by atoms with Crippen molar-refractivity contribution in [2.75, 3.05) is 11.1 Å². The third-order valence-electron chi connectivity index (χ3n) is 3.40. The van der Waals surface area contributed by atoms with E-state index < -0.39 is 18.0 Å². The van der Waals surface area contributed by atoms with Crippen molar-refractivity contribution in [1.82, 2.24) is 9.97 Å². The van der Waals surface area contributed by atoms with Crippen LogP contribution in [0.2, 0.25) is 0 Å². The Morgan fingerprint density at radius 1 is 1.06 bits per heavy atom. The summed E-state index contributed by atoms with van der Waals surface area (Å²) >= 11 is 3.19. The van der Waals surface area contributed by atoms with E-state index >= 15 is 0 Å². The molecule has 0 bridgehead atoms. The van der Waals surface area contributed by atoms with E-state index in [1.807, 2.05) is 0 Å². The lowest BCUT2D eigenvalue weighted by atomic mass is 10.2. The van der Waals surface area contributed by atoms with Crippen molar-refractivity contribution in [1.29, 1.82) is 0 Å². The molecule has 0 saturated heterocycles. The number of nitrogens with zero attached hydrogens (tertiary/aromatic N) is 2. The van der Waals surface area contributed by atoms with Crippen molar-refractivity contribution in [3.05, 3.63) is 70.8 Å². The highest BCUT2D eigenvalue weighted by Gasteiger charge is 2.38. The lowest BCUT2D eigenvalue weighted by Gasteiger charge is -2.10. The number of hydrogen-bond acceptors (Lipinski definition) is 6. The molecule has 32 heavy (non-hydrogen) atoms. The number of aliphatic carboxylic acids is 1. The van der Waals surface area contributed by atoms with Gasteiger partial charge in [-0.3, -0.25) is 4.79 Å². The van der Waals surface area contributed by atoms with Gasteiger partial charge < -0.3 is 20.9 Å². The molecule has 168 valence electrons. The molecule has 0 aliphatic heterocycles. The third kappa shape index (κ3) is 7.50. The summed E-state index contributed by atoms with van der Waals surface area (Å²) in [6, 6.07) is 10.3. The van der Waals surface area contributed by atoms with Gasteiger partial charge in [0.2, 0.25) is 0 Å². The molecule has 0 atom stereocenters. The van der Waals surface area contributed by atoms with Crippen molar-refractivity contribution in [2.24, 2.45) is 0 Å². The normalized spacial score (nSPS) is 10.5. The summed E-state index contributed by atoms with van der Waals surface area (Å²) in [6.07, 6.45) is -2.12. The number of benzene rings is 1. The second-order valence-electron chi connectivity index (χ2n) is 5.79. The number of halogens is 5. The molecule has 1 aromatic carbocycles. The lowest BCUT2D eigenvalue weighted by molar-refractivity contribution is -0.192. The average Bonchev–Trinajstić information content (AvgIpc) is 2.70. The number of aromatic nitrogens is 2. The number of carbonyl (C=O) groups excluding carboxylic acids is 1. The van der Waals surface area contributed by atoms with Crippen LogP contribution >= 0.6 is 15.9 Å². The first-order valence-corrected chi connectivity index (χ1v) is 9.17. The number of pyridine rings is 2. The average molecular weight is 517 g/mol. The molecule has 0 spiro atoms. The summed E-state index contributed by atoms with van der Waals surface area (Å²) in [6.45, 7) is 0. The zero-order valence-corrected chi connectivity index (χ0v) is 17.3. The number of carboxylic acids is 1. The highest BCUT2D eigenvalue weighted by atomic mass is 79.9. The minimum Gasteiger partial charge on any atom is -0.475 e. The standard InChI is InChI=1S/C17H12BrFN4O2.C2HF3O2/c18-15-7-10(3-5-21-15)17(24)23-11-1-2-14(13(19)8-11)25-12-4-6-22-16(20)9-12;3-2(4,5)1(6)7/h1-9H,(H2,20,22)(H,23,24);(H,6,7). The van der Waals surface area contributed by atoms with Gasteiger partial charge in [0.15, 0.2) is 11.6 Å². The maximum atomic E-state index is 14.2. The van der Waals surface area contributed by atoms with Crippen LogP contribution in [0.25, 0.3) is 0 Å². The zero-order valence-electron chi connectivity index (χ0n) is 15.7. The number of rotatable bonds is 4. The summed E-state index contributed by atoms with van der Waals surface area (Å²) in [5.41, 5.74) is 6.26. The van der Waals surface area contributed by atoms with Gasteiger partial charge in [-0.15, -0.1) is 0 Å². The number of nitrogen functional groups attached to an aromatic ring is 1. The Balaban J connectivity index is 0.000000451. The summed E-state index contributed by atoms with van der Waals surface area (Å²) in [5.74, 6) is -3.11. The van der Waals surface area contributed by atoms with Gasteiger partial charge in [0.05, 0.1) is 0 Å². The van der Waals surface area contributed by atoms with Gasteiger partial charge in [-0.1, -0.05) is 0 Å². The largest absolute Gasteiger partial charge is 0.490 e. The molecule has 0 unspecified atom stereocenters. The molecular weight excluding hydrogens is 504 g/mol. The fraction of sp³-hybridized carbons (Fsp3) is 0.0526. The summed E-state index contributed by atoms with van der Waals surface area (Å²) in [5, 5.41) is 9.74. The van der Waals surface area contributed by atoms with Crippen molar-refractivity contribution in [2.45, 2.75) is 6.18 Å². The number of anilines is 2. The molecule has 3 rings (SSSR count). The molecule has 4 N–H and O–H groups in total. The summed E-state index contributed by atoms with van der Waals surface area (Å²) in [7, 11) is 0. The smallest absolute Gasteiger partial charge is 0.475 e. The Hall–Kier alpha value is -3.74. The van der Waals surface area contributed by atoms with Crippen LogP contribution < -0.4 is 15.8 Å². The Morgan fingerprint density at radius 2 is 1.72 bits per heavy atom. The second-order valence-corrected chi connectivity index (χ2v) is 6.60. The van der Waals surface area contributed by atoms with Gasteiger partial charge in [-0.05, 0) is 46.3 Å². The Kier molecular flexibility index (Phi) is 8.07. The number of amides is 1. The molecule has 8 nitrogen and oxygen atoms in total. The second kappa shape index (κ2) is 10.5. The van der Waals surface area contributed by atoms with E-state index in [9.17, 15) is 22.4 Å². The molecule has 1 amide bonds. The van der Waals surface area contributed by atoms with Crippen LogP contribution in [0.15, 0.2) is 59.5 Å². The number of nitrogens with two attached hydrogens (primary N) is 1. The number of hydrogen-bond donors (Lipinski definition) is 3. The number of nitrogens with one attached hydrogen (secondary N) is 1. The van der Waals surface area contributed by atoms with E-state index in [1.165, 1.54) is 36.7 Å². The summed E-state index contributed by atoms with van der Waals surface area (Å²) in [4.78, 5) is 28.8. The maximum absolute atomic E-state index is 14.2. The van der Waals surface area contributed by atoms with Gasteiger partial charge in [-0.25, -0.2) is 19.2 Å². The fourth-order valence-electron chi connectivity index (χ4n) is 2.03. The molecule has 0 fully saturated rings. The number of ether oxygens (including phenoxy) is 1. The Labute approximate surface area is 186 Å². The van der Waals surface area contributed by atoms with Gasteiger partial charge in [0.1, 0.15) is 16.2 Å². The minimum absolute atomic E-state index is 0.00949. The molecule has 0 aliphatic rings. The van der Waals surface area contributed by atoms with Crippen LogP contribution in [0, 0.1) is 5.82 Å². The number of carbonyl (C=O) groups is 2. The van der Waals surface area contributed by atoms with E-state index in [1.54, 1.807) is 18.2 Å². The van der Waals surface area contributed by atoms with Crippen molar-refractivity contribution in [3.8, 4) is 11.5 Å². The first-order chi connectivity index (χ1) is 15.0. The highest BCUT2D eigenvalue weighted by Crippen LogP contribution is 2.27. The van der Waals surface area contributed by atoms with Crippen LogP contribution in [0.3, 0.4) is 0 Å². The van der Waals surface area contributed by atoms with E-state index in [0.717, 1.165) is 0 Å². The van der Waals surface area contributed by atoms with Gasteiger partial charge in [0, 0.05) is 35.8 Å². The lowest BCUT2D eigenvalue weighted by Crippen LogP contribution is -2.21. The molecule has 2 aromatic heterocycles. The first kappa shape index (κ1) is 24.5. The predicted molar refractivity (Wildman–Crippen MR) is 109 cm³/mol. The van der Waals surface area contributed by atoms with Crippen LogP contribution in [-0.4, -0.2) is 33.1 Å². The Bertz CT molecular complexity index is 1130. The Morgan fingerprint density at radius 3 is 2.28 bits per heavy atom. The summed E-state index contributed by atoms with van der Waals surface area (Å²) < 4.78 is 51.9. The van der Waals surface area contributed by atoms with Crippen LogP contribution in [0.4, 0.5) is 29.1 Å². The number of alkyl halides is 3. The number of carboxylic acid groups (broad SMARTS) is 1. The van der Waals surface area contributed by atoms with Crippen molar-refractivity contribution in [3.63, 3.8) is 0 Å². The topological polar surface area (TPSA) is 127 Å². The van der Waals surface area contributed by atoms with E-state index in [2.05, 4.69) is 31.2 Å². The van der Waals surface area contributed by atoms with E-state index in [-0.39, 0.29) is 17.5 Å². The van der Waals surface area contributed by atoms with E-state index in [4.69, 9.17) is 20.4 Å². The third-order valence-corrected chi connectivity index (χ3v) is 3.84. The SMILES string of the molecule is Nc1cc(Oc2ccc(NC(=O)c3ccnc(Br)c3)cc2F)ccn1.O=C(O)C(F)(F)F. The van der Waals surface area contributed by atoms with Crippen molar-refractivity contribution < 1.29 is 37.0 Å². The molecule has 0 radical (unpaired) electrons. The monoisotopic (exact) mass is 516 g/mol. The molecule has 0 aliphatic carbocycles. The maximum Gasteiger partial charge on any atom is 0.490 e. The highest BCUT2D eigenvalue weighted by molar-refractivity contribution is 9.10. The van der Waals surface area contributed by atoms with Gasteiger partial charge in [-0.2, -0.15) is 13.2 Å². The molecular formula is C19H13BrF4N4O4. The van der Waals surface area contributed by atoms with Crippen LogP contribution in [-0.2, 0) is 4.79 Å². The fourth-order valence-corrected chi connectivity index (χ4v) is 2.39. The molecule has 0 saturated carbocycles. The van der Waals surface area contributed by atoms with Gasteiger partial charge >= 0.3 is 12.1 Å². The molecule has 2 heterocycles.